The fourth-order valence-corrected chi connectivity index (χ4v) is 5.64. The predicted octanol–water partition coefficient (Wildman–Crippen LogP) is 2.36. The molecule has 0 aliphatic carbocycles. The topological polar surface area (TPSA) is 37.7 Å². The van der Waals surface area contributed by atoms with Crippen LogP contribution in [0, 0.1) is 5.92 Å². The summed E-state index contributed by atoms with van der Waals surface area (Å²) in [6, 6.07) is 6.54. The van der Waals surface area contributed by atoms with E-state index in [1.54, 1.807) is 11.3 Å². The molecule has 144 valence electrons. The van der Waals surface area contributed by atoms with E-state index >= 15 is 0 Å². The summed E-state index contributed by atoms with van der Waals surface area (Å²) in [5.74, 6) is 1.08. The Bertz CT molecular complexity index is 842. The molecule has 2 bridgehead atoms. The number of aromatic nitrogens is 1. The molecule has 2 fully saturated rings. The van der Waals surface area contributed by atoms with E-state index in [2.05, 4.69) is 43.3 Å². The zero-order chi connectivity index (χ0) is 18.2. The Morgan fingerprint density at radius 1 is 1.04 bits per heavy atom. The van der Waals surface area contributed by atoms with Crippen LogP contribution in [0.25, 0.3) is 0 Å². The first kappa shape index (κ1) is 17.6. The van der Waals surface area contributed by atoms with E-state index in [1.807, 2.05) is 0 Å². The molecule has 0 amide bonds. The fraction of sp³-hybridized carbons (Fsp3) is 0.571. The maximum Gasteiger partial charge on any atom is 0.255 e. The molecule has 5 rings (SSSR count). The highest BCUT2D eigenvalue weighted by atomic mass is 32.1. The lowest BCUT2D eigenvalue weighted by Crippen LogP contribution is -2.47. The van der Waals surface area contributed by atoms with Crippen LogP contribution in [0.1, 0.15) is 29.2 Å². The summed E-state index contributed by atoms with van der Waals surface area (Å²) in [5, 5.41) is 4.41. The molecular weight excluding hydrogens is 358 g/mol. The molecule has 0 saturated carbocycles. The van der Waals surface area contributed by atoms with E-state index in [0.717, 1.165) is 64.6 Å². The Balaban J connectivity index is 1.35. The van der Waals surface area contributed by atoms with Crippen LogP contribution in [0.2, 0.25) is 0 Å². The number of hydrogen-bond donors (Lipinski definition) is 0. The normalized spacial score (nSPS) is 26.1. The summed E-state index contributed by atoms with van der Waals surface area (Å²) in [4.78, 5) is 18.1. The lowest BCUT2D eigenvalue weighted by atomic mass is 9.83. The van der Waals surface area contributed by atoms with Crippen molar-refractivity contribution in [2.24, 2.45) is 5.92 Å². The van der Waals surface area contributed by atoms with Gasteiger partial charge in [-0.2, -0.15) is 11.3 Å². The van der Waals surface area contributed by atoms with Gasteiger partial charge in [-0.3, -0.25) is 14.6 Å². The number of fused-ring (bicyclic) bond motifs is 4. The van der Waals surface area contributed by atoms with Crippen LogP contribution >= 0.6 is 11.3 Å². The summed E-state index contributed by atoms with van der Waals surface area (Å²) in [6.07, 6.45) is 1.22. The van der Waals surface area contributed by atoms with Gasteiger partial charge in [0.15, 0.2) is 0 Å². The molecule has 2 aromatic rings. The van der Waals surface area contributed by atoms with Gasteiger partial charge in [-0.1, -0.05) is 6.07 Å². The Kier molecular flexibility index (Phi) is 4.90. The third-order valence-corrected chi connectivity index (χ3v) is 6.97. The SMILES string of the molecule is O=c1c(CN2CCOCC2)ccc2n1C[C@H]1C[C@@H]2CN(Cc2ccsc2)C1. The Labute approximate surface area is 164 Å². The number of thiophene rings is 1. The highest BCUT2D eigenvalue weighted by Gasteiger charge is 2.35. The van der Waals surface area contributed by atoms with E-state index in [-0.39, 0.29) is 5.56 Å². The molecular formula is C21H27N3O2S. The van der Waals surface area contributed by atoms with E-state index in [4.69, 9.17) is 4.74 Å². The van der Waals surface area contributed by atoms with Crippen LogP contribution in [0.15, 0.2) is 33.8 Å². The van der Waals surface area contributed by atoms with Crippen molar-refractivity contribution in [3.05, 3.63) is 56.1 Å². The minimum Gasteiger partial charge on any atom is -0.379 e. The molecule has 0 aromatic carbocycles. The molecule has 27 heavy (non-hydrogen) atoms. The fourth-order valence-electron chi connectivity index (χ4n) is 4.98. The summed E-state index contributed by atoms with van der Waals surface area (Å²) in [6.45, 7) is 8.22. The lowest BCUT2D eigenvalue weighted by molar-refractivity contribution is 0.0338. The Morgan fingerprint density at radius 2 is 1.93 bits per heavy atom. The van der Waals surface area contributed by atoms with Crippen LogP contribution in [0.3, 0.4) is 0 Å². The summed E-state index contributed by atoms with van der Waals surface area (Å²) in [5.41, 5.74) is 3.84. The van der Waals surface area contributed by atoms with Crippen LogP contribution < -0.4 is 5.56 Å². The van der Waals surface area contributed by atoms with E-state index in [1.165, 1.54) is 17.7 Å². The molecule has 5 nitrogen and oxygen atoms in total. The minimum absolute atomic E-state index is 0.236. The van der Waals surface area contributed by atoms with Crippen molar-refractivity contribution >= 4 is 11.3 Å². The number of piperidine rings is 1. The van der Waals surface area contributed by atoms with Crippen molar-refractivity contribution in [3.8, 4) is 0 Å². The van der Waals surface area contributed by atoms with Gasteiger partial charge < -0.3 is 9.30 Å². The third kappa shape index (κ3) is 3.63. The lowest BCUT2D eigenvalue weighted by Gasteiger charge is -2.43. The second kappa shape index (κ2) is 7.51. The highest BCUT2D eigenvalue weighted by Crippen LogP contribution is 2.35. The molecule has 3 aliphatic heterocycles. The quantitative estimate of drug-likeness (QED) is 0.810. The average molecular weight is 386 g/mol. The van der Waals surface area contributed by atoms with Gasteiger partial charge in [-0.25, -0.2) is 0 Å². The Hall–Kier alpha value is -1.47. The van der Waals surface area contributed by atoms with Crippen molar-refractivity contribution in [3.63, 3.8) is 0 Å². The first-order valence-electron chi connectivity index (χ1n) is 10.0. The Morgan fingerprint density at radius 3 is 2.74 bits per heavy atom. The van der Waals surface area contributed by atoms with Crippen molar-refractivity contribution < 1.29 is 4.74 Å². The number of rotatable bonds is 4. The number of nitrogens with zero attached hydrogens (tertiary/aromatic N) is 3. The number of pyridine rings is 1. The van der Waals surface area contributed by atoms with E-state index in [9.17, 15) is 4.79 Å². The first-order chi connectivity index (χ1) is 13.3. The van der Waals surface area contributed by atoms with Crippen molar-refractivity contribution in [2.45, 2.75) is 32.0 Å². The monoisotopic (exact) mass is 385 g/mol. The molecule has 3 aliphatic rings. The summed E-state index contributed by atoms with van der Waals surface area (Å²) in [7, 11) is 0. The van der Waals surface area contributed by atoms with Crippen LogP contribution in [-0.2, 0) is 24.4 Å². The standard InChI is InChI=1S/C21H27N3O2S/c25-21-18(13-22-4-6-26-7-5-22)1-2-20-19-9-17(12-24(20)21)11-23(14-19)10-16-3-8-27-15-16/h1-3,8,15,17,19H,4-7,9-14H2/t17-,19+/m0/s1. The molecule has 2 aromatic heterocycles. The van der Waals surface area contributed by atoms with E-state index in [0.29, 0.717) is 11.8 Å². The predicted molar refractivity (Wildman–Crippen MR) is 107 cm³/mol. The minimum atomic E-state index is 0.236. The maximum absolute atomic E-state index is 13.1. The van der Waals surface area contributed by atoms with Gasteiger partial charge in [-0.15, -0.1) is 0 Å². The van der Waals surface area contributed by atoms with Gasteiger partial charge in [0.05, 0.1) is 13.2 Å². The third-order valence-electron chi connectivity index (χ3n) is 6.24. The van der Waals surface area contributed by atoms with Crippen LogP contribution in [-0.4, -0.2) is 53.8 Å². The van der Waals surface area contributed by atoms with E-state index < -0.39 is 0 Å². The largest absolute Gasteiger partial charge is 0.379 e. The van der Waals surface area contributed by atoms with Gasteiger partial charge >= 0.3 is 0 Å². The van der Waals surface area contributed by atoms with Gasteiger partial charge in [0.2, 0.25) is 0 Å². The molecule has 2 saturated heterocycles. The molecule has 6 heteroatoms. The second-order valence-electron chi connectivity index (χ2n) is 8.21. The molecule has 0 radical (unpaired) electrons. The zero-order valence-corrected chi connectivity index (χ0v) is 16.5. The van der Waals surface area contributed by atoms with Crippen LogP contribution in [0.5, 0.6) is 0 Å². The van der Waals surface area contributed by atoms with Gasteiger partial charge in [-0.05, 0) is 40.8 Å². The number of likely N-dealkylation sites (tertiary alicyclic amines) is 1. The number of ether oxygens (including phenoxy) is 1. The summed E-state index contributed by atoms with van der Waals surface area (Å²) < 4.78 is 7.52. The molecule has 0 N–H and O–H groups in total. The smallest absolute Gasteiger partial charge is 0.255 e. The number of morpholine rings is 1. The average Bonchev–Trinajstić information content (AvgIpc) is 3.18. The van der Waals surface area contributed by atoms with Gasteiger partial charge in [0, 0.05) is 63.0 Å². The highest BCUT2D eigenvalue weighted by molar-refractivity contribution is 7.07. The first-order valence-corrected chi connectivity index (χ1v) is 11.0. The molecule has 5 heterocycles. The summed E-state index contributed by atoms with van der Waals surface area (Å²) >= 11 is 1.77. The molecule has 0 spiro atoms. The zero-order valence-electron chi connectivity index (χ0n) is 15.7. The van der Waals surface area contributed by atoms with Gasteiger partial charge in [0.1, 0.15) is 0 Å². The maximum atomic E-state index is 13.1. The molecule has 2 atom stereocenters. The number of hydrogen-bond acceptors (Lipinski definition) is 5. The van der Waals surface area contributed by atoms with Crippen molar-refractivity contribution in [1.29, 1.82) is 0 Å². The van der Waals surface area contributed by atoms with Crippen molar-refractivity contribution in [1.82, 2.24) is 14.4 Å². The second-order valence-corrected chi connectivity index (χ2v) is 8.99. The van der Waals surface area contributed by atoms with Crippen LogP contribution in [0.4, 0.5) is 0 Å². The molecule has 0 unspecified atom stereocenters. The van der Waals surface area contributed by atoms with Gasteiger partial charge in [0.25, 0.3) is 5.56 Å². The van der Waals surface area contributed by atoms with Crippen molar-refractivity contribution in [2.75, 3.05) is 39.4 Å².